The lowest BCUT2D eigenvalue weighted by Crippen LogP contribution is -2.43. The van der Waals surface area contributed by atoms with Gasteiger partial charge in [0.05, 0.1) is 5.92 Å². The van der Waals surface area contributed by atoms with Crippen molar-refractivity contribution >= 4 is 18.3 Å². The van der Waals surface area contributed by atoms with Crippen LogP contribution in [0.5, 0.6) is 0 Å². The van der Waals surface area contributed by atoms with Crippen molar-refractivity contribution in [3.05, 3.63) is 35.1 Å². The molecular formula is C16H25ClFN3O. The number of piperidine rings is 1. The number of carbonyl (C=O) groups is 1. The van der Waals surface area contributed by atoms with E-state index in [-0.39, 0.29) is 30.0 Å². The van der Waals surface area contributed by atoms with Gasteiger partial charge in [-0.15, -0.1) is 12.4 Å². The zero-order valence-electron chi connectivity index (χ0n) is 13.0. The molecule has 1 aliphatic rings. The number of rotatable bonds is 5. The number of nitrogens with two attached hydrogens (primary N) is 1. The summed E-state index contributed by atoms with van der Waals surface area (Å²) in [6.45, 7) is 5.09. The Bertz CT molecular complexity index is 498. The third-order valence-corrected chi connectivity index (χ3v) is 3.92. The number of nitrogens with one attached hydrogen (secondary N) is 1. The highest BCUT2D eigenvalue weighted by Crippen LogP contribution is 2.20. The summed E-state index contributed by atoms with van der Waals surface area (Å²) in [5.41, 5.74) is 7.16. The third kappa shape index (κ3) is 5.23. The SMILES string of the molecule is Cc1ccc(F)c(CN2CCCC(C(=O)NCCN)C2)c1.Cl. The van der Waals surface area contributed by atoms with Crippen molar-refractivity contribution in [2.45, 2.75) is 26.3 Å². The van der Waals surface area contributed by atoms with Gasteiger partial charge in [-0.3, -0.25) is 9.69 Å². The Hall–Kier alpha value is -1.17. The quantitative estimate of drug-likeness (QED) is 0.866. The van der Waals surface area contributed by atoms with Crippen LogP contribution in [0.25, 0.3) is 0 Å². The normalized spacial score (nSPS) is 18.6. The van der Waals surface area contributed by atoms with E-state index in [4.69, 9.17) is 5.73 Å². The second-order valence-corrected chi connectivity index (χ2v) is 5.75. The fraction of sp³-hybridized carbons (Fsp3) is 0.562. The Morgan fingerprint density at radius 2 is 2.27 bits per heavy atom. The van der Waals surface area contributed by atoms with Gasteiger partial charge in [0.15, 0.2) is 0 Å². The molecule has 0 aliphatic carbocycles. The summed E-state index contributed by atoms with van der Waals surface area (Å²) < 4.78 is 13.8. The number of benzene rings is 1. The van der Waals surface area contributed by atoms with Crippen molar-refractivity contribution in [2.24, 2.45) is 11.7 Å². The number of halogens is 2. The molecule has 0 spiro atoms. The van der Waals surface area contributed by atoms with Crippen molar-refractivity contribution in [3.63, 3.8) is 0 Å². The smallest absolute Gasteiger partial charge is 0.224 e. The third-order valence-electron chi connectivity index (χ3n) is 3.92. The van der Waals surface area contributed by atoms with Gasteiger partial charge in [0.1, 0.15) is 5.82 Å². The van der Waals surface area contributed by atoms with Crippen LogP contribution in [0.15, 0.2) is 18.2 Å². The number of aryl methyl sites for hydroxylation is 1. The Kier molecular flexibility index (Phi) is 7.79. The van der Waals surface area contributed by atoms with Crippen LogP contribution in [0.2, 0.25) is 0 Å². The first-order chi connectivity index (χ1) is 10.1. The van der Waals surface area contributed by atoms with Crippen LogP contribution in [-0.4, -0.2) is 37.0 Å². The van der Waals surface area contributed by atoms with Crippen LogP contribution in [0.1, 0.15) is 24.0 Å². The Morgan fingerprint density at radius 3 is 3.00 bits per heavy atom. The molecule has 1 heterocycles. The van der Waals surface area contributed by atoms with E-state index in [0.29, 0.717) is 31.7 Å². The van der Waals surface area contributed by atoms with E-state index in [1.54, 1.807) is 6.07 Å². The molecule has 6 heteroatoms. The first-order valence-corrected chi connectivity index (χ1v) is 7.55. The van der Waals surface area contributed by atoms with Crippen molar-refractivity contribution in [3.8, 4) is 0 Å². The highest BCUT2D eigenvalue weighted by atomic mass is 35.5. The lowest BCUT2D eigenvalue weighted by molar-refractivity contribution is -0.126. The van der Waals surface area contributed by atoms with Crippen LogP contribution in [0, 0.1) is 18.7 Å². The number of nitrogens with zero attached hydrogens (tertiary/aromatic N) is 1. The van der Waals surface area contributed by atoms with Gasteiger partial charge in [-0.2, -0.15) is 0 Å². The van der Waals surface area contributed by atoms with Gasteiger partial charge in [-0.05, 0) is 32.4 Å². The number of carbonyl (C=O) groups excluding carboxylic acids is 1. The lowest BCUT2D eigenvalue weighted by atomic mass is 9.96. The molecule has 0 aromatic heterocycles. The molecule has 1 unspecified atom stereocenters. The highest BCUT2D eigenvalue weighted by Gasteiger charge is 2.25. The maximum Gasteiger partial charge on any atom is 0.224 e. The lowest BCUT2D eigenvalue weighted by Gasteiger charge is -2.32. The molecule has 1 aliphatic heterocycles. The molecule has 0 radical (unpaired) electrons. The fourth-order valence-corrected chi connectivity index (χ4v) is 2.82. The summed E-state index contributed by atoms with van der Waals surface area (Å²) in [7, 11) is 0. The fourth-order valence-electron chi connectivity index (χ4n) is 2.82. The Labute approximate surface area is 137 Å². The van der Waals surface area contributed by atoms with Gasteiger partial charge in [0.2, 0.25) is 5.91 Å². The molecule has 2 rings (SSSR count). The van der Waals surface area contributed by atoms with Crippen molar-refractivity contribution in [1.29, 1.82) is 0 Å². The van der Waals surface area contributed by atoms with Crippen molar-refractivity contribution in [2.75, 3.05) is 26.2 Å². The number of hydrogen-bond acceptors (Lipinski definition) is 3. The standard InChI is InChI=1S/C16H24FN3O.ClH/c1-12-4-5-15(17)14(9-12)11-20-8-2-3-13(10-20)16(21)19-7-6-18;/h4-5,9,13H,2-3,6-8,10-11,18H2,1H3,(H,19,21);1H. The molecule has 1 aromatic rings. The van der Waals surface area contributed by atoms with Gasteiger partial charge in [-0.25, -0.2) is 4.39 Å². The number of hydrogen-bond donors (Lipinski definition) is 2. The van der Waals surface area contributed by atoms with E-state index in [1.165, 1.54) is 6.07 Å². The van der Waals surface area contributed by atoms with Gasteiger partial charge >= 0.3 is 0 Å². The highest BCUT2D eigenvalue weighted by molar-refractivity contribution is 5.85. The van der Waals surface area contributed by atoms with Gasteiger partial charge in [0.25, 0.3) is 0 Å². The summed E-state index contributed by atoms with van der Waals surface area (Å²) in [5.74, 6) is -0.122. The predicted molar refractivity (Wildman–Crippen MR) is 88.5 cm³/mol. The molecular weight excluding hydrogens is 305 g/mol. The summed E-state index contributed by atoms with van der Waals surface area (Å²) in [5, 5.41) is 2.84. The minimum absolute atomic E-state index is 0. The number of amides is 1. The maximum atomic E-state index is 13.8. The van der Waals surface area contributed by atoms with Gasteiger partial charge < -0.3 is 11.1 Å². The van der Waals surface area contributed by atoms with Gasteiger partial charge in [-0.1, -0.05) is 17.7 Å². The number of likely N-dealkylation sites (tertiary alicyclic amines) is 1. The van der Waals surface area contributed by atoms with Crippen LogP contribution < -0.4 is 11.1 Å². The topological polar surface area (TPSA) is 58.4 Å². The monoisotopic (exact) mass is 329 g/mol. The van der Waals surface area contributed by atoms with Crippen LogP contribution >= 0.6 is 12.4 Å². The second-order valence-electron chi connectivity index (χ2n) is 5.75. The maximum absolute atomic E-state index is 13.8. The molecule has 1 atom stereocenters. The van der Waals surface area contributed by atoms with E-state index in [0.717, 1.165) is 24.9 Å². The molecule has 0 saturated carbocycles. The first-order valence-electron chi connectivity index (χ1n) is 7.55. The Morgan fingerprint density at radius 1 is 1.50 bits per heavy atom. The molecule has 3 N–H and O–H groups in total. The van der Waals surface area contributed by atoms with E-state index >= 15 is 0 Å². The van der Waals surface area contributed by atoms with Crippen LogP contribution in [0.4, 0.5) is 4.39 Å². The van der Waals surface area contributed by atoms with E-state index in [1.807, 2.05) is 13.0 Å². The summed E-state index contributed by atoms with van der Waals surface area (Å²) in [6.07, 6.45) is 1.86. The molecule has 1 fully saturated rings. The molecule has 1 amide bonds. The Balaban J connectivity index is 0.00000242. The molecule has 1 saturated heterocycles. The zero-order valence-corrected chi connectivity index (χ0v) is 13.8. The summed E-state index contributed by atoms with van der Waals surface area (Å²) >= 11 is 0. The average Bonchev–Trinajstić information content (AvgIpc) is 2.49. The van der Waals surface area contributed by atoms with Crippen molar-refractivity contribution in [1.82, 2.24) is 10.2 Å². The average molecular weight is 330 g/mol. The summed E-state index contributed by atoms with van der Waals surface area (Å²) in [4.78, 5) is 14.2. The molecule has 0 bridgehead atoms. The molecule has 1 aromatic carbocycles. The van der Waals surface area contributed by atoms with Crippen molar-refractivity contribution < 1.29 is 9.18 Å². The largest absolute Gasteiger partial charge is 0.355 e. The predicted octanol–water partition coefficient (Wildman–Crippen LogP) is 1.84. The van der Waals surface area contributed by atoms with Crippen LogP contribution in [0.3, 0.4) is 0 Å². The molecule has 22 heavy (non-hydrogen) atoms. The van der Waals surface area contributed by atoms with E-state index < -0.39 is 0 Å². The minimum Gasteiger partial charge on any atom is -0.355 e. The summed E-state index contributed by atoms with van der Waals surface area (Å²) in [6, 6.07) is 5.17. The molecule has 4 nitrogen and oxygen atoms in total. The van der Waals surface area contributed by atoms with E-state index in [2.05, 4.69) is 10.2 Å². The second kappa shape index (κ2) is 9.08. The van der Waals surface area contributed by atoms with Gasteiger partial charge in [0, 0.05) is 31.7 Å². The zero-order chi connectivity index (χ0) is 15.2. The van der Waals surface area contributed by atoms with Crippen LogP contribution in [-0.2, 0) is 11.3 Å². The van der Waals surface area contributed by atoms with E-state index in [9.17, 15) is 9.18 Å². The minimum atomic E-state index is -0.171. The molecule has 124 valence electrons. The first kappa shape index (κ1) is 18.9.